The van der Waals surface area contributed by atoms with E-state index in [2.05, 4.69) is 29.0 Å². The number of rotatable bonds is 7. The molecule has 160 valence electrons. The van der Waals surface area contributed by atoms with E-state index in [1.165, 1.54) is 19.3 Å². The van der Waals surface area contributed by atoms with Gasteiger partial charge in [-0.2, -0.15) is 0 Å². The molecule has 2 atom stereocenters. The molecule has 0 radical (unpaired) electrons. The molecule has 4 rings (SSSR count). The third-order valence-electron chi connectivity index (χ3n) is 6.35. The van der Waals surface area contributed by atoms with Crippen molar-refractivity contribution >= 4 is 22.6 Å². The first-order valence-corrected chi connectivity index (χ1v) is 11.0. The van der Waals surface area contributed by atoms with Crippen LogP contribution in [-0.2, 0) is 11.3 Å². The summed E-state index contributed by atoms with van der Waals surface area (Å²) < 4.78 is 3.46. The molecule has 0 unspecified atom stereocenters. The van der Waals surface area contributed by atoms with E-state index in [1.54, 1.807) is 16.8 Å². The van der Waals surface area contributed by atoms with Crippen molar-refractivity contribution in [1.82, 2.24) is 24.2 Å². The van der Waals surface area contributed by atoms with Crippen molar-refractivity contribution < 1.29 is 4.79 Å². The van der Waals surface area contributed by atoms with Gasteiger partial charge in [-0.25, -0.2) is 4.98 Å². The molecule has 0 aromatic carbocycles. The first kappa shape index (κ1) is 20.6. The number of aromatic nitrogens is 3. The monoisotopic (exact) mass is 409 g/mol. The van der Waals surface area contributed by atoms with E-state index in [4.69, 9.17) is 0 Å². The van der Waals surface area contributed by atoms with Crippen LogP contribution in [0.3, 0.4) is 0 Å². The summed E-state index contributed by atoms with van der Waals surface area (Å²) in [5.41, 5.74) is 1.95. The van der Waals surface area contributed by atoms with Crippen LogP contribution < -0.4 is 10.9 Å². The summed E-state index contributed by atoms with van der Waals surface area (Å²) in [7, 11) is 0. The quantitative estimate of drug-likeness (QED) is 0.609. The normalized spacial score (nSPS) is 20.1. The van der Waals surface area contributed by atoms with Gasteiger partial charge in [0.15, 0.2) is 5.65 Å². The van der Waals surface area contributed by atoms with E-state index >= 15 is 0 Å². The van der Waals surface area contributed by atoms with E-state index < -0.39 is 0 Å². The van der Waals surface area contributed by atoms with Gasteiger partial charge in [-0.3, -0.25) is 19.1 Å². The van der Waals surface area contributed by atoms with Gasteiger partial charge >= 0.3 is 0 Å². The second-order valence-electron chi connectivity index (χ2n) is 8.39. The summed E-state index contributed by atoms with van der Waals surface area (Å²) >= 11 is 0. The number of amides is 1. The van der Waals surface area contributed by atoms with Gasteiger partial charge in [0.1, 0.15) is 5.52 Å². The zero-order valence-corrected chi connectivity index (χ0v) is 17.9. The Kier molecular flexibility index (Phi) is 6.18. The van der Waals surface area contributed by atoms with Crippen LogP contribution in [0, 0.1) is 0 Å². The van der Waals surface area contributed by atoms with Crippen LogP contribution in [0.25, 0.3) is 16.7 Å². The highest BCUT2D eigenvalue weighted by atomic mass is 16.2. The van der Waals surface area contributed by atoms with Crippen molar-refractivity contribution in [2.45, 2.75) is 64.6 Å². The molecule has 1 fully saturated rings. The lowest BCUT2D eigenvalue weighted by atomic mass is 9.97. The van der Waals surface area contributed by atoms with E-state index in [9.17, 15) is 9.59 Å². The number of likely N-dealkylation sites (tertiary alicyclic amines) is 1. The molecule has 7 heteroatoms. The Hall–Kier alpha value is -2.67. The topological polar surface area (TPSA) is 71.6 Å². The van der Waals surface area contributed by atoms with Gasteiger partial charge in [-0.1, -0.05) is 6.42 Å². The van der Waals surface area contributed by atoms with Gasteiger partial charge < -0.3 is 9.72 Å². The average Bonchev–Trinajstić information content (AvgIpc) is 3.23. The summed E-state index contributed by atoms with van der Waals surface area (Å²) in [4.78, 5) is 32.2. The second-order valence-corrected chi connectivity index (χ2v) is 8.39. The molecule has 0 saturated carbocycles. The summed E-state index contributed by atoms with van der Waals surface area (Å²) in [6, 6.07) is 8.70. The highest BCUT2D eigenvalue weighted by molar-refractivity contribution is 5.77. The van der Waals surface area contributed by atoms with Gasteiger partial charge in [-0.05, 0) is 57.4 Å². The van der Waals surface area contributed by atoms with Gasteiger partial charge in [0.2, 0.25) is 5.91 Å². The predicted octanol–water partition coefficient (Wildman–Crippen LogP) is 2.81. The number of piperidine rings is 1. The highest BCUT2D eigenvalue weighted by Crippen LogP contribution is 2.22. The fraction of sp³-hybridized carbons (Fsp3) is 0.522. The Bertz CT molecular complexity index is 1080. The molecular weight excluding hydrogens is 378 g/mol. The zero-order valence-electron chi connectivity index (χ0n) is 17.9. The minimum atomic E-state index is -0.118. The maximum Gasteiger partial charge on any atom is 0.276 e. The van der Waals surface area contributed by atoms with Crippen LogP contribution in [0.1, 0.15) is 46.0 Å². The molecule has 3 aromatic heterocycles. The Morgan fingerprint density at radius 2 is 1.90 bits per heavy atom. The number of nitrogens with zero attached hydrogens (tertiary/aromatic N) is 4. The van der Waals surface area contributed by atoms with Crippen LogP contribution in [0.5, 0.6) is 0 Å². The number of hydrogen-bond acceptors (Lipinski definition) is 4. The molecule has 4 heterocycles. The zero-order chi connectivity index (χ0) is 21.1. The molecule has 7 nitrogen and oxygen atoms in total. The van der Waals surface area contributed by atoms with Gasteiger partial charge in [0.25, 0.3) is 5.56 Å². The van der Waals surface area contributed by atoms with Crippen molar-refractivity contribution in [3.63, 3.8) is 0 Å². The maximum absolute atomic E-state index is 12.9. The smallest absolute Gasteiger partial charge is 0.276 e. The largest absolute Gasteiger partial charge is 0.356 e. The minimum absolute atomic E-state index is 0.0269. The number of hydrogen-bond donors (Lipinski definition) is 1. The molecule has 1 N–H and O–H groups in total. The molecule has 1 amide bonds. The van der Waals surface area contributed by atoms with Crippen LogP contribution >= 0.6 is 0 Å². The molecule has 1 aliphatic rings. The van der Waals surface area contributed by atoms with Gasteiger partial charge in [0, 0.05) is 50.5 Å². The Morgan fingerprint density at radius 1 is 1.13 bits per heavy atom. The molecule has 3 aromatic rings. The van der Waals surface area contributed by atoms with Crippen LogP contribution in [0.2, 0.25) is 0 Å². The fourth-order valence-electron chi connectivity index (χ4n) is 4.70. The lowest BCUT2D eigenvalue weighted by Gasteiger charge is -2.39. The maximum atomic E-state index is 12.9. The summed E-state index contributed by atoms with van der Waals surface area (Å²) in [5, 5.41) is 3.02. The number of pyridine rings is 1. The Balaban J connectivity index is 1.34. The molecule has 0 aliphatic carbocycles. The highest BCUT2D eigenvalue weighted by Gasteiger charge is 2.23. The lowest BCUT2D eigenvalue weighted by Crippen LogP contribution is -2.44. The van der Waals surface area contributed by atoms with Crippen LogP contribution in [0.4, 0.5) is 0 Å². The molecule has 0 bridgehead atoms. The first-order valence-electron chi connectivity index (χ1n) is 11.0. The van der Waals surface area contributed by atoms with E-state index in [0.29, 0.717) is 36.3 Å². The van der Waals surface area contributed by atoms with Crippen LogP contribution in [0.15, 0.2) is 41.5 Å². The van der Waals surface area contributed by atoms with E-state index in [1.807, 2.05) is 28.8 Å². The van der Waals surface area contributed by atoms with Crippen molar-refractivity contribution in [3.05, 3.63) is 47.0 Å². The SMILES string of the molecule is C[C@@H]1CCC[C@H](C)N1CCCNC(=O)CCn1c(=O)c2cccn2c2cccnc21. The predicted molar refractivity (Wildman–Crippen MR) is 119 cm³/mol. The molecule has 0 spiro atoms. The minimum Gasteiger partial charge on any atom is -0.356 e. The van der Waals surface area contributed by atoms with Gasteiger partial charge in [0.05, 0.1) is 5.52 Å². The molecular formula is C23H31N5O2. The summed E-state index contributed by atoms with van der Waals surface area (Å²) in [6.07, 6.45) is 8.59. The lowest BCUT2D eigenvalue weighted by molar-refractivity contribution is -0.121. The Labute approximate surface area is 176 Å². The summed E-state index contributed by atoms with van der Waals surface area (Å²) in [5.74, 6) is -0.0269. The number of carbonyl (C=O) groups excluding carboxylic acids is 1. The second kappa shape index (κ2) is 9.00. The van der Waals surface area contributed by atoms with E-state index in [0.717, 1.165) is 18.5 Å². The van der Waals surface area contributed by atoms with Crippen molar-refractivity contribution in [3.8, 4) is 0 Å². The molecule has 30 heavy (non-hydrogen) atoms. The summed E-state index contributed by atoms with van der Waals surface area (Å²) in [6.45, 7) is 6.60. The van der Waals surface area contributed by atoms with E-state index in [-0.39, 0.29) is 17.9 Å². The third-order valence-corrected chi connectivity index (χ3v) is 6.35. The number of fused-ring (bicyclic) bond motifs is 3. The number of carbonyl (C=O) groups is 1. The number of nitrogens with one attached hydrogen (secondary N) is 1. The molecule has 1 aliphatic heterocycles. The fourth-order valence-corrected chi connectivity index (χ4v) is 4.70. The number of aryl methyl sites for hydroxylation is 1. The van der Waals surface area contributed by atoms with Crippen molar-refractivity contribution in [2.24, 2.45) is 0 Å². The third kappa shape index (κ3) is 4.12. The van der Waals surface area contributed by atoms with Crippen LogP contribution in [-0.4, -0.2) is 49.9 Å². The Morgan fingerprint density at radius 3 is 2.70 bits per heavy atom. The average molecular weight is 410 g/mol. The standard InChI is InChI=1S/C23H31N5O2/c1-17-7-3-8-18(2)26(17)15-6-13-24-21(29)11-16-28-22-19(9-4-12-25-22)27-14-5-10-20(27)23(28)30/h4-5,9-10,12,14,17-18H,3,6-8,11,13,15-16H2,1-2H3,(H,24,29)/t17-,18+. The first-order chi connectivity index (χ1) is 14.6. The molecule has 1 saturated heterocycles. The van der Waals surface area contributed by atoms with Crippen molar-refractivity contribution in [2.75, 3.05) is 13.1 Å². The van der Waals surface area contributed by atoms with Gasteiger partial charge in [-0.15, -0.1) is 0 Å². The van der Waals surface area contributed by atoms with Crippen molar-refractivity contribution in [1.29, 1.82) is 0 Å².